The quantitative estimate of drug-likeness (QED) is 0.331. The molecule has 0 spiro atoms. The molecule has 0 unspecified atom stereocenters. The minimum absolute atomic E-state index is 0.215. The first-order chi connectivity index (χ1) is 14.9. The number of nitrogens with zero attached hydrogens (tertiary/aromatic N) is 1. The summed E-state index contributed by atoms with van der Waals surface area (Å²) in [6, 6.07) is 17.9. The second kappa shape index (κ2) is 9.15. The van der Waals surface area contributed by atoms with Crippen LogP contribution in [0.3, 0.4) is 0 Å². The van der Waals surface area contributed by atoms with Gasteiger partial charge in [-0.1, -0.05) is 59.1 Å². The van der Waals surface area contributed by atoms with E-state index in [1.54, 1.807) is 30.5 Å². The number of halogens is 3. The minimum atomic E-state index is -0.410. The summed E-state index contributed by atoms with van der Waals surface area (Å²) in [5.74, 6) is 0.281. The van der Waals surface area contributed by atoms with Gasteiger partial charge < -0.3 is 10.1 Å². The zero-order chi connectivity index (χ0) is 22.0. The summed E-state index contributed by atoms with van der Waals surface area (Å²) in [6.45, 7) is 2.28. The molecule has 0 aliphatic carbocycles. The lowest BCUT2D eigenvalue weighted by Crippen LogP contribution is -2.13. The van der Waals surface area contributed by atoms with E-state index in [2.05, 4.69) is 10.3 Å². The fourth-order valence-electron chi connectivity index (χ4n) is 3.27. The van der Waals surface area contributed by atoms with Crippen molar-refractivity contribution in [3.05, 3.63) is 98.6 Å². The normalized spacial score (nSPS) is 10.8. The van der Waals surface area contributed by atoms with Crippen LogP contribution in [-0.4, -0.2) is 10.9 Å². The van der Waals surface area contributed by atoms with Gasteiger partial charge in [-0.3, -0.25) is 9.78 Å². The molecular weight excluding hydrogens is 455 g/mol. The molecule has 1 heterocycles. The summed E-state index contributed by atoms with van der Waals surface area (Å²) in [5.41, 5.74) is 3.19. The number of fused-ring (bicyclic) bond motifs is 1. The number of para-hydroxylation sites is 1. The summed E-state index contributed by atoms with van der Waals surface area (Å²) in [7, 11) is 0. The number of carbonyl (C=O) groups excluding carboxylic acids is 1. The highest BCUT2D eigenvalue weighted by molar-refractivity contribution is 6.40. The Morgan fingerprint density at radius 1 is 1.00 bits per heavy atom. The predicted octanol–water partition coefficient (Wildman–Crippen LogP) is 7.33. The molecule has 4 aromatic rings. The second-order valence-corrected chi connectivity index (χ2v) is 8.19. The third-order valence-electron chi connectivity index (χ3n) is 4.74. The van der Waals surface area contributed by atoms with Gasteiger partial charge in [-0.05, 0) is 48.9 Å². The van der Waals surface area contributed by atoms with E-state index in [0.717, 1.165) is 16.5 Å². The Bertz CT molecular complexity index is 1270. The maximum atomic E-state index is 12.8. The number of aromatic nitrogens is 1. The van der Waals surface area contributed by atoms with Gasteiger partial charge in [0.1, 0.15) is 12.4 Å². The van der Waals surface area contributed by atoms with E-state index in [1.807, 2.05) is 43.3 Å². The van der Waals surface area contributed by atoms with Crippen molar-refractivity contribution in [2.24, 2.45) is 0 Å². The van der Waals surface area contributed by atoms with Crippen LogP contribution in [0.25, 0.3) is 10.9 Å². The Balaban J connectivity index is 1.67. The Labute approximate surface area is 194 Å². The van der Waals surface area contributed by atoms with Crippen molar-refractivity contribution in [2.75, 3.05) is 5.32 Å². The van der Waals surface area contributed by atoms with Gasteiger partial charge in [-0.2, -0.15) is 0 Å². The number of benzene rings is 3. The summed E-state index contributed by atoms with van der Waals surface area (Å²) < 4.78 is 6.12. The molecule has 1 N–H and O–H groups in total. The van der Waals surface area contributed by atoms with E-state index in [1.165, 1.54) is 0 Å². The van der Waals surface area contributed by atoms with Crippen LogP contribution in [0, 0.1) is 6.92 Å². The Kier molecular flexibility index (Phi) is 6.33. The number of ether oxygens (including phenoxy) is 1. The lowest BCUT2D eigenvalue weighted by molar-refractivity contribution is 0.102. The van der Waals surface area contributed by atoms with Crippen LogP contribution in [0.4, 0.5) is 5.69 Å². The van der Waals surface area contributed by atoms with Gasteiger partial charge in [0.25, 0.3) is 5.91 Å². The molecule has 156 valence electrons. The molecule has 0 atom stereocenters. The van der Waals surface area contributed by atoms with Gasteiger partial charge in [-0.25, -0.2) is 0 Å². The van der Waals surface area contributed by atoms with Crippen molar-refractivity contribution >= 4 is 57.3 Å². The molecule has 1 amide bonds. The van der Waals surface area contributed by atoms with E-state index in [4.69, 9.17) is 39.5 Å². The van der Waals surface area contributed by atoms with E-state index < -0.39 is 5.91 Å². The van der Waals surface area contributed by atoms with Crippen LogP contribution >= 0.6 is 34.8 Å². The van der Waals surface area contributed by atoms with Gasteiger partial charge >= 0.3 is 0 Å². The first kappa shape index (κ1) is 21.4. The Morgan fingerprint density at radius 2 is 1.71 bits per heavy atom. The highest BCUT2D eigenvalue weighted by Crippen LogP contribution is 2.33. The summed E-state index contributed by atoms with van der Waals surface area (Å²) in [5, 5.41) is 4.86. The van der Waals surface area contributed by atoms with Crippen molar-refractivity contribution < 1.29 is 9.53 Å². The molecule has 7 heteroatoms. The summed E-state index contributed by atoms with van der Waals surface area (Å²) >= 11 is 18.4. The number of pyridine rings is 1. The van der Waals surface area contributed by atoms with Crippen molar-refractivity contribution in [3.63, 3.8) is 0 Å². The smallest absolute Gasteiger partial charge is 0.258 e. The predicted molar refractivity (Wildman–Crippen MR) is 127 cm³/mol. The molecule has 0 aliphatic heterocycles. The summed E-state index contributed by atoms with van der Waals surface area (Å²) in [6.07, 6.45) is 1.72. The largest absolute Gasteiger partial charge is 0.488 e. The zero-order valence-corrected chi connectivity index (χ0v) is 18.7. The SMILES string of the molecule is Cc1cnc2c(NC(=O)c3c(Cl)cccc3Cl)cccc2c1OCc1cccc(Cl)c1. The van der Waals surface area contributed by atoms with Crippen molar-refractivity contribution in [2.45, 2.75) is 13.5 Å². The molecule has 4 nitrogen and oxygen atoms in total. The Hall–Kier alpha value is -2.79. The van der Waals surface area contributed by atoms with Crippen LogP contribution < -0.4 is 10.1 Å². The van der Waals surface area contributed by atoms with Crippen LogP contribution in [0.1, 0.15) is 21.5 Å². The number of carbonyl (C=O) groups is 1. The number of hydrogen-bond donors (Lipinski definition) is 1. The monoisotopic (exact) mass is 470 g/mol. The van der Waals surface area contributed by atoms with Gasteiger partial charge in [0.2, 0.25) is 0 Å². The maximum absolute atomic E-state index is 12.8. The van der Waals surface area contributed by atoms with Gasteiger partial charge in [-0.15, -0.1) is 0 Å². The third kappa shape index (κ3) is 4.62. The van der Waals surface area contributed by atoms with E-state index >= 15 is 0 Å². The molecule has 4 rings (SSSR count). The molecule has 0 bridgehead atoms. The lowest BCUT2D eigenvalue weighted by Gasteiger charge is -2.15. The zero-order valence-electron chi connectivity index (χ0n) is 16.5. The maximum Gasteiger partial charge on any atom is 0.258 e. The number of anilines is 1. The third-order valence-corrected chi connectivity index (χ3v) is 5.60. The molecule has 0 aliphatic rings. The highest BCUT2D eigenvalue weighted by atomic mass is 35.5. The highest BCUT2D eigenvalue weighted by Gasteiger charge is 2.17. The van der Waals surface area contributed by atoms with Crippen molar-refractivity contribution in [1.82, 2.24) is 4.98 Å². The first-order valence-corrected chi connectivity index (χ1v) is 10.6. The van der Waals surface area contributed by atoms with Crippen LogP contribution in [0.15, 0.2) is 66.9 Å². The van der Waals surface area contributed by atoms with E-state index in [0.29, 0.717) is 28.6 Å². The molecule has 1 aromatic heterocycles. The van der Waals surface area contributed by atoms with Crippen molar-refractivity contribution in [3.8, 4) is 5.75 Å². The molecule has 0 saturated carbocycles. The average molecular weight is 472 g/mol. The first-order valence-electron chi connectivity index (χ1n) is 9.45. The van der Waals surface area contributed by atoms with Gasteiger partial charge in [0.15, 0.2) is 0 Å². The standard InChI is InChI=1S/C24H17Cl3N2O2/c1-14-12-28-22-17(23(14)31-13-15-5-2-6-16(25)11-15)7-3-10-20(22)29-24(30)21-18(26)8-4-9-19(21)27/h2-12H,13H2,1H3,(H,29,30). The molecule has 0 fully saturated rings. The number of rotatable bonds is 5. The molecule has 0 saturated heterocycles. The number of hydrogen-bond acceptors (Lipinski definition) is 3. The Morgan fingerprint density at radius 3 is 2.45 bits per heavy atom. The van der Waals surface area contributed by atoms with Crippen LogP contribution in [0.5, 0.6) is 5.75 Å². The molecule has 3 aromatic carbocycles. The minimum Gasteiger partial charge on any atom is -0.488 e. The molecule has 31 heavy (non-hydrogen) atoms. The van der Waals surface area contributed by atoms with Crippen molar-refractivity contribution in [1.29, 1.82) is 0 Å². The fraction of sp³-hybridized carbons (Fsp3) is 0.0833. The van der Waals surface area contributed by atoms with Crippen LogP contribution in [0.2, 0.25) is 15.1 Å². The summed E-state index contributed by atoms with van der Waals surface area (Å²) in [4.78, 5) is 17.4. The fourth-order valence-corrected chi connectivity index (χ4v) is 4.05. The van der Waals surface area contributed by atoms with E-state index in [9.17, 15) is 4.79 Å². The topological polar surface area (TPSA) is 51.2 Å². The average Bonchev–Trinajstić information content (AvgIpc) is 2.73. The number of aryl methyl sites for hydroxylation is 1. The number of amides is 1. The van der Waals surface area contributed by atoms with Gasteiger partial charge in [0.05, 0.1) is 26.8 Å². The van der Waals surface area contributed by atoms with Crippen LogP contribution in [-0.2, 0) is 6.61 Å². The van der Waals surface area contributed by atoms with E-state index in [-0.39, 0.29) is 15.6 Å². The molecular formula is C24H17Cl3N2O2. The lowest BCUT2D eigenvalue weighted by atomic mass is 10.1. The molecule has 0 radical (unpaired) electrons. The van der Waals surface area contributed by atoms with Gasteiger partial charge in [0, 0.05) is 22.2 Å². The second-order valence-electron chi connectivity index (χ2n) is 6.94. The number of nitrogens with one attached hydrogen (secondary N) is 1.